The second-order valence-corrected chi connectivity index (χ2v) is 9.16. The highest BCUT2D eigenvalue weighted by Gasteiger charge is 2.32. The fourth-order valence-corrected chi connectivity index (χ4v) is 4.94. The Morgan fingerprint density at radius 3 is 2.70 bits per heavy atom. The van der Waals surface area contributed by atoms with Crippen LogP contribution < -0.4 is 14.2 Å². The molecule has 9 heteroatoms. The standard InChI is InChI=1S/C28H23FN2O6/c1-15-30-28(37-31-15)16-2-4-18(5-3-16)35-23-11-9-22(29)27-21(23)8-10-24(27)36-19-6-7-20-17(12-26(32)33)14-34-25(20)13-19/h2-7,9,11,13,17,24H,8,10,12,14H2,1H3,(H,32,33)/t17?,24-/m1/s1. The van der Waals surface area contributed by atoms with Gasteiger partial charge in [-0.15, -0.1) is 0 Å². The van der Waals surface area contributed by atoms with Crippen LogP contribution in [0.4, 0.5) is 4.39 Å². The summed E-state index contributed by atoms with van der Waals surface area (Å²) in [6.07, 6.45) is 0.739. The third-order valence-electron chi connectivity index (χ3n) is 6.66. The summed E-state index contributed by atoms with van der Waals surface area (Å²) >= 11 is 0. The van der Waals surface area contributed by atoms with Gasteiger partial charge in [0.05, 0.1) is 13.0 Å². The van der Waals surface area contributed by atoms with Crippen LogP contribution in [-0.2, 0) is 11.2 Å². The van der Waals surface area contributed by atoms with Crippen LogP contribution in [0.25, 0.3) is 11.5 Å². The second-order valence-electron chi connectivity index (χ2n) is 9.16. The van der Waals surface area contributed by atoms with Gasteiger partial charge in [0.2, 0.25) is 0 Å². The van der Waals surface area contributed by atoms with Crippen LogP contribution in [0.15, 0.2) is 59.1 Å². The minimum absolute atomic E-state index is 0.0105. The van der Waals surface area contributed by atoms with Crippen LogP contribution in [-0.4, -0.2) is 27.8 Å². The lowest BCUT2D eigenvalue weighted by Crippen LogP contribution is -2.07. The highest BCUT2D eigenvalue weighted by Crippen LogP contribution is 2.44. The molecular formula is C28H23FN2O6. The number of hydrogen-bond acceptors (Lipinski definition) is 7. The normalized spacial score (nSPS) is 17.7. The summed E-state index contributed by atoms with van der Waals surface area (Å²) in [5.74, 6) is 1.94. The first-order valence-corrected chi connectivity index (χ1v) is 12.0. The van der Waals surface area contributed by atoms with E-state index in [1.807, 2.05) is 18.2 Å². The molecule has 0 saturated heterocycles. The van der Waals surface area contributed by atoms with Crippen LogP contribution in [0.2, 0.25) is 0 Å². The maximum absolute atomic E-state index is 15.0. The summed E-state index contributed by atoms with van der Waals surface area (Å²) in [5, 5.41) is 12.9. The molecule has 0 amide bonds. The number of hydrogen-bond donors (Lipinski definition) is 1. The molecular weight excluding hydrogens is 479 g/mol. The van der Waals surface area contributed by atoms with Crippen molar-refractivity contribution in [3.63, 3.8) is 0 Å². The SMILES string of the molecule is Cc1noc(-c2ccc(Oc3ccc(F)c4c3CC[C@H]4Oc3ccc4c(c3)OCC4CC(=O)O)cc2)n1. The fraction of sp³-hybridized carbons (Fsp3) is 0.250. The zero-order valence-electron chi connectivity index (χ0n) is 19.9. The van der Waals surface area contributed by atoms with Crippen molar-refractivity contribution in [2.24, 2.45) is 0 Å². The lowest BCUT2D eigenvalue weighted by atomic mass is 9.98. The third-order valence-corrected chi connectivity index (χ3v) is 6.66. The van der Waals surface area contributed by atoms with E-state index in [9.17, 15) is 9.18 Å². The first-order chi connectivity index (χ1) is 17.9. The van der Waals surface area contributed by atoms with Gasteiger partial charge in [-0.05, 0) is 62.2 Å². The van der Waals surface area contributed by atoms with Gasteiger partial charge >= 0.3 is 5.97 Å². The molecule has 37 heavy (non-hydrogen) atoms. The summed E-state index contributed by atoms with van der Waals surface area (Å²) in [5.41, 5.74) is 2.89. The zero-order chi connectivity index (χ0) is 25.5. The summed E-state index contributed by atoms with van der Waals surface area (Å²) in [6, 6.07) is 15.7. The van der Waals surface area contributed by atoms with E-state index in [0.29, 0.717) is 59.7 Å². The number of carbonyl (C=O) groups is 1. The zero-order valence-corrected chi connectivity index (χ0v) is 19.9. The maximum Gasteiger partial charge on any atom is 0.304 e. The predicted octanol–water partition coefficient (Wildman–Crippen LogP) is 5.99. The van der Waals surface area contributed by atoms with Gasteiger partial charge in [-0.2, -0.15) is 4.98 Å². The lowest BCUT2D eigenvalue weighted by molar-refractivity contribution is -0.137. The van der Waals surface area contributed by atoms with E-state index in [1.54, 1.807) is 37.3 Å². The van der Waals surface area contributed by atoms with Crippen molar-refractivity contribution in [1.29, 1.82) is 0 Å². The highest BCUT2D eigenvalue weighted by molar-refractivity contribution is 5.69. The van der Waals surface area contributed by atoms with E-state index >= 15 is 0 Å². The van der Waals surface area contributed by atoms with Crippen molar-refractivity contribution in [2.45, 2.75) is 38.2 Å². The predicted molar refractivity (Wildman–Crippen MR) is 130 cm³/mol. The van der Waals surface area contributed by atoms with E-state index in [0.717, 1.165) is 16.7 Å². The lowest BCUT2D eigenvalue weighted by Gasteiger charge is -2.17. The number of halogens is 1. The summed E-state index contributed by atoms with van der Waals surface area (Å²) in [7, 11) is 0. The van der Waals surface area contributed by atoms with Crippen molar-refractivity contribution >= 4 is 5.97 Å². The molecule has 0 bridgehead atoms. The number of carboxylic acid groups (broad SMARTS) is 1. The third kappa shape index (κ3) is 4.48. The number of benzene rings is 3. The quantitative estimate of drug-likeness (QED) is 0.329. The van der Waals surface area contributed by atoms with Crippen LogP contribution in [0, 0.1) is 12.7 Å². The monoisotopic (exact) mass is 502 g/mol. The Hall–Kier alpha value is -4.40. The van der Waals surface area contributed by atoms with E-state index in [-0.39, 0.29) is 18.2 Å². The van der Waals surface area contributed by atoms with Gasteiger partial charge in [0.1, 0.15) is 34.9 Å². The Bertz CT molecular complexity index is 1480. The Morgan fingerprint density at radius 2 is 1.95 bits per heavy atom. The molecule has 1 aliphatic carbocycles. The van der Waals surface area contributed by atoms with E-state index in [4.69, 9.17) is 23.8 Å². The van der Waals surface area contributed by atoms with Gasteiger partial charge < -0.3 is 23.8 Å². The molecule has 6 rings (SSSR count). The van der Waals surface area contributed by atoms with Crippen LogP contribution in [0.1, 0.15) is 47.4 Å². The Morgan fingerprint density at radius 1 is 1.14 bits per heavy atom. The van der Waals surface area contributed by atoms with Gasteiger partial charge in [0, 0.05) is 34.2 Å². The highest BCUT2D eigenvalue weighted by atomic mass is 19.1. The Balaban J connectivity index is 1.20. The number of aryl methyl sites for hydroxylation is 1. The number of aliphatic carboxylic acids is 1. The van der Waals surface area contributed by atoms with E-state index in [1.165, 1.54) is 6.07 Å². The number of nitrogens with zero attached hydrogens (tertiary/aromatic N) is 2. The van der Waals surface area contributed by atoms with Crippen molar-refractivity contribution in [1.82, 2.24) is 10.1 Å². The van der Waals surface area contributed by atoms with Crippen molar-refractivity contribution in [2.75, 3.05) is 6.61 Å². The van der Waals surface area contributed by atoms with Crippen LogP contribution in [0.5, 0.6) is 23.0 Å². The first-order valence-electron chi connectivity index (χ1n) is 12.0. The smallest absolute Gasteiger partial charge is 0.304 e. The minimum atomic E-state index is -0.865. The molecule has 4 aromatic rings. The molecule has 2 atom stereocenters. The fourth-order valence-electron chi connectivity index (χ4n) is 4.94. The average Bonchev–Trinajstić information content (AvgIpc) is 3.61. The number of rotatable bonds is 7. The molecule has 2 heterocycles. The molecule has 1 N–H and O–H groups in total. The molecule has 0 radical (unpaired) electrons. The van der Waals surface area contributed by atoms with Crippen molar-refractivity contribution in [3.05, 3.63) is 82.9 Å². The number of fused-ring (bicyclic) bond motifs is 2. The Labute approximate surface area is 211 Å². The molecule has 1 aliphatic heterocycles. The first kappa shape index (κ1) is 23.0. The summed E-state index contributed by atoms with van der Waals surface area (Å²) < 4.78 is 38.1. The van der Waals surface area contributed by atoms with Crippen molar-refractivity contribution in [3.8, 4) is 34.5 Å². The molecule has 0 fully saturated rings. The number of aromatic nitrogens is 2. The van der Waals surface area contributed by atoms with Gasteiger partial charge in [-0.25, -0.2) is 4.39 Å². The molecule has 0 saturated carbocycles. The average molecular weight is 502 g/mol. The molecule has 2 aliphatic rings. The minimum Gasteiger partial charge on any atom is -0.492 e. The summed E-state index contributed by atoms with van der Waals surface area (Å²) in [6.45, 7) is 2.08. The van der Waals surface area contributed by atoms with E-state index < -0.39 is 12.1 Å². The van der Waals surface area contributed by atoms with Crippen LogP contribution >= 0.6 is 0 Å². The van der Waals surface area contributed by atoms with Gasteiger partial charge in [0.25, 0.3) is 5.89 Å². The molecule has 1 aromatic heterocycles. The molecule has 188 valence electrons. The Kier molecular flexibility index (Phi) is 5.75. The number of carboxylic acids is 1. The van der Waals surface area contributed by atoms with Crippen molar-refractivity contribution < 1.29 is 33.0 Å². The molecule has 0 spiro atoms. The van der Waals surface area contributed by atoms with Gasteiger partial charge in [-0.1, -0.05) is 11.2 Å². The molecule has 8 nitrogen and oxygen atoms in total. The topological polar surface area (TPSA) is 104 Å². The largest absolute Gasteiger partial charge is 0.492 e. The van der Waals surface area contributed by atoms with Gasteiger partial charge in [-0.3, -0.25) is 4.79 Å². The van der Waals surface area contributed by atoms with Crippen LogP contribution in [0.3, 0.4) is 0 Å². The second kappa shape index (κ2) is 9.24. The summed E-state index contributed by atoms with van der Waals surface area (Å²) in [4.78, 5) is 15.3. The van der Waals surface area contributed by atoms with E-state index in [2.05, 4.69) is 10.1 Å². The maximum atomic E-state index is 15.0. The molecule has 1 unspecified atom stereocenters. The molecule has 3 aromatic carbocycles. The number of ether oxygens (including phenoxy) is 3. The van der Waals surface area contributed by atoms with Gasteiger partial charge in [0.15, 0.2) is 5.82 Å².